The molecule has 0 aliphatic carbocycles. The molecule has 1 saturated heterocycles. The third-order valence-corrected chi connectivity index (χ3v) is 3.83. The van der Waals surface area contributed by atoms with Gasteiger partial charge in [-0.15, -0.1) is 0 Å². The number of nitrogens with one attached hydrogen (secondary N) is 1. The molecule has 0 saturated carbocycles. The highest BCUT2D eigenvalue weighted by atomic mass is 16.5. The number of hydrogen-bond acceptors (Lipinski definition) is 6. The molecule has 0 aromatic carbocycles. The van der Waals surface area contributed by atoms with Crippen molar-refractivity contribution >= 4 is 5.91 Å². The van der Waals surface area contributed by atoms with Crippen molar-refractivity contribution in [2.24, 2.45) is 0 Å². The second-order valence-corrected chi connectivity index (χ2v) is 5.52. The zero-order valence-corrected chi connectivity index (χ0v) is 12.6. The van der Waals surface area contributed by atoms with E-state index in [9.17, 15) is 4.79 Å². The van der Waals surface area contributed by atoms with Crippen LogP contribution in [0.2, 0.25) is 0 Å². The second-order valence-electron chi connectivity index (χ2n) is 5.52. The van der Waals surface area contributed by atoms with E-state index in [0.29, 0.717) is 24.8 Å². The average molecular weight is 304 g/mol. The van der Waals surface area contributed by atoms with E-state index in [1.807, 2.05) is 6.07 Å². The monoisotopic (exact) mass is 304 g/mol. The minimum Gasteiger partial charge on any atom is -0.467 e. The summed E-state index contributed by atoms with van der Waals surface area (Å²) in [5.74, 6) is 1.95. The number of rotatable bonds is 5. The number of aryl methyl sites for hydroxylation is 1. The lowest BCUT2D eigenvalue weighted by molar-refractivity contribution is -0.123. The Morgan fingerprint density at radius 2 is 2.41 bits per heavy atom. The summed E-state index contributed by atoms with van der Waals surface area (Å²) in [7, 11) is 0. The topological polar surface area (TPSA) is 84.4 Å². The van der Waals surface area contributed by atoms with Crippen LogP contribution in [0.4, 0.5) is 0 Å². The summed E-state index contributed by atoms with van der Waals surface area (Å²) in [6, 6.07) is 3.68. The Morgan fingerprint density at radius 1 is 1.50 bits per heavy atom. The smallest absolute Gasteiger partial charge is 0.243 e. The summed E-state index contributed by atoms with van der Waals surface area (Å²) in [6.45, 7) is 3.40. The van der Waals surface area contributed by atoms with E-state index >= 15 is 0 Å². The van der Waals surface area contributed by atoms with Crippen LogP contribution in [-0.2, 0) is 11.3 Å². The van der Waals surface area contributed by atoms with Crippen molar-refractivity contribution in [1.82, 2.24) is 20.4 Å². The van der Waals surface area contributed by atoms with Crippen molar-refractivity contribution in [3.63, 3.8) is 0 Å². The fourth-order valence-electron chi connectivity index (χ4n) is 2.75. The van der Waals surface area contributed by atoms with Crippen LogP contribution in [0.5, 0.6) is 0 Å². The third kappa shape index (κ3) is 3.54. The van der Waals surface area contributed by atoms with Crippen LogP contribution in [-0.4, -0.2) is 34.0 Å². The zero-order chi connectivity index (χ0) is 15.4. The van der Waals surface area contributed by atoms with E-state index in [2.05, 4.69) is 20.4 Å². The predicted molar refractivity (Wildman–Crippen MR) is 77.8 cm³/mol. The SMILES string of the molecule is Cc1noc(C2CCCCN2CC(=O)NCc2ccco2)n1. The Morgan fingerprint density at radius 3 is 3.14 bits per heavy atom. The number of aromatic nitrogens is 2. The summed E-state index contributed by atoms with van der Waals surface area (Å²) in [5, 5.41) is 6.72. The molecule has 118 valence electrons. The number of carbonyl (C=O) groups excluding carboxylic acids is 1. The molecule has 1 N–H and O–H groups in total. The van der Waals surface area contributed by atoms with Crippen LogP contribution in [0.3, 0.4) is 0 Å². The van der Waals surface area contributed by atoms with E-state index in [1.165, 1.54) is 0 Å². The number of likely N-dealkylation sites (tertiary alicyclic amines) is 1. The molecule has 7 heteroatoms. The van der Waals surface area contributed by atoms with Gasteiger partial charge in [0, 0.05) is 0 Å². The van der Waals surface area contributed by atoms with Crippen molar-refractivity contribution in [3.8, 4) is 0 Å². The lowest BCUT2D eigenvalue weighted by Gasteiger charge is -2.32. The molecule has 3 rings (SSSR count). The molecule has 0 bridgehead atoms. The standard InChI is InChI=1S/C15H20N4O3/c1-11-17-15(22-18-11)13-6-2-3-7-19(13)10-14(20)16-9-12-5-4-8-21-12/h4-5,8,13H,2-3,6-7,9-10H2,1H3,(H,16,20). The summed E-state index contributed by atoms with van der Waals surface area (Å²) in [6.07, 6.45) is 4.72. The normalized spacial score (nSPS) is 19.2. The van der Waals surface area contributed by atoms with Gasteiger partial charge in [0.25, 0.3) is 0 Å². The summed E-state index contributed by atoms with van der Waals surface area (Å²) >= 11 is 0. The molecule has 0 radical (unpaired) electrons. The molecule has 3 heterocycles. The van der Waals surface area contributed by atoms with Gasteiger partial charge in [-0.3, -0.25) is 9.69 Å². The molecule has 1 atom stereocenters. The second kappa shape index (κ2) is 6.74. The lowest BCUT2D eigenvalue weighted by Crippen LogP contribution is -2.41. The van der Waals surface area contributed by atoms with Crippen LogP contribution in [0.25, 0.3) is 0 Å². The Kier molecular flexibility index (Phi) is 4.53. The van der Waals surface area contributed by atoms with E-state index < -0.39 is 0 Å². The quantitative estimate of drug-likeness (QED) is 0.907. The number of piperidine rings is 1. The van der Waals surface area contributed by atoms with Crippen LogP contribution < -0.4 is 5.32 Å². The van der Waals surface area contributed by atoms with Gasteiger partial charge < -0.3 is 14.3 Å². The van der Waals surface area contributed by atoms with Crippen LogP contribution in [0.15, 0.2) is 27.3 Å². The number of nitrogens with zero attached hydrogens (tertiary/aromatic N) is 3. The zero-order valence-electron chi connectivity index (χ0n) is 12.6. The van der Waals surface area contributed by atoms with Gasteiger partial charge in [-0.25, -0.2) is 0 Å². The van der Waals surface area contributed by atoms with Gasteiger partial charge in [-0.1, -0.05) is 11.6 Å². The molecule has 7 nitrogen and oxygen atoms in total. The van der Waals surface area contributed by atoms with E-state index in [-0.39, 0.29) is 11.9 Å². The number of hydrogen-bond donors (Lipinski definition) is 1. The molecule has 22 heavy (non-hydrogen) atoms. The van der Waals surface area contributed by atoms with Gasteiger partial charge >= 0.3 is 0 Å². The fourth-order valence-corrected chi connectivity index (χ4v) is 2.75. The van der Waals surface area contributed by atoms with E-state index in [0.717, 1.165) is 31.6 Å². The van der Waals surface area contributed by atoms with Crippen molar-refractivity contribution in [1.29, 1.82) is 0 Å². The third-order valence-electron chi connectivity index (χ3n) is 3.83. The minimum absolute atomic E-state index is 0.0282. The molecule has 1 aliphatic rings. The van der Waals surface area contributed by atoms with Gasteiger partial charge in [0.15, 0.2) is 5.82 Å². The first-order valence-electron chi connectivity index (χ1n) is 7.56. The highest BCUT2D eigenvalue weighted by Crippen LogP contribution is 2.29. The number of carbonyl (C=O) groups is 1. The Balaban J connectivity index is 1.57. The average Bonchev–Trinajstić information content (AvgIpc) is 3.17. The molecule has 1 amide bonds. The first kappa shape index (κ1) is 14.8. The maximum Gasteiger partial charge on any atom is 0.243 e. The van der Waals surface area contributed by atoms with Crippen LogP contribution >= 0.6 is 0 Å². The van der Waals surface area contributed by atoms with Crippen molar-refractivity contribution < 1.29 is 13.7 Å². The van der Waals surface area contributed by atoms with Gasteiger partial charge in [0.2, 0.25) is 11.8 Å². The predicted octanol–water partition coefficient (Wildman–Crippen LogP) is 1.81. The summed E-state index contributed by atoms with van der Waals surface area (Å²) < 4.78 is 10.5. The van der Waals surface area contributed by atoms with E-state index in [1.54, 1.807) is 19.3 Å². The molecular weight excluding hydrogens is 284 g/mol. The highest BCUT2D eigenvalue weighted by molar-refractivity contribution is 5.78. The number of amides is 1. The Bertz CT molecular complexity index is 608. The number of furan rings is 1. The summed E-state index contributed by atoms with van der Waals surface area (Å²) in [5.41, 5.74) is 0. The minimum atomic E-state index is -0.0282. The van der Waals surface area contributed by atoms with Crippen molar-refractivity contribution in [2.45, 2.75) is 38.8 Å². The largest absolute Gasteiger partial charge is 0.467 e. The fraction of sp³-hybridized carbons (Fsp3) is 0.533. The Hall–Kier alpha value is -2.15. The van der Waals surface area contributed by atoms with Gasteiger partial charge in [0.1, 0.15) is 5.76 Å². The molecule has 0 spiro atoms. The van der Waals surface area contributed by atoms with Crippen LogP contribution in [0.1, 0.15) is 42.8 Å². The molecular formula is C15H20N4O3. The van der Waals surface area contributed by atoms with Gasteiger partial charge in [0.05, 0.1) is 25.4 Å². The van der Waals surface area contributed by atoms with Crippen molar-refractivity contribution in [2.75, 3.05) is 13.1 Å². The molecule has 2 aromatic rings. The maximum absolute atomic E-state index is 12.1. The van der Waals surface area contributed by atoms with Crippen LogP contribution in [0, 0.1) is 6.92 Å². The highest BCUT2D eigenvalue weighted by Gasteiger charge is 2.29. The maximum atomic E-state index is 12.1. The van der Waals surface area contributed by atoms with Gasteiger partial charge in [-0.2, -0.15) is 4.98 Å². The molecule has 2 aromatic heterocycles. The Labute approximate surface area is 128 Å². The van der Waals surface area contributed by atoms with E-state index in [4.69, 9.17) is 8.94 Å². The molecule has 1 aliphatic heterocycles. The molecule has 1 unspecified atom stereocenters. The first-order valence-corrected chi connectivity index (χ1v) is 7.56. The summed E-state index contributed by atoms with van der Waals surface area (Å²) in [4.78, 5) is 18.5. The van der Waals surface area contributed by atoms with Crippen molar-refractivity contribution in [3.05, 3.63) is 35.9 Å². The van der Waals surface area contributed by atoms with Gasteiger partial charge in [-0.05, 0) is 38.4 Å². The lowest BCUT2D eigenvalue weighted by atomic mass is 10.0. The first-order chi connectivity index (χ1) is 10.7. The molecule has 1 fully saturated rings.